The van der Waals surface area contributed by atoms with Crippen molar-refractivity contribution in [3.8, 4) is 23.0 Å². The molecule has 0 aliphatic carbocycles. The zero-order chi connectivity index (χ0) is 30.5. The number of rotatable bonds is 17. The van der Waals surface area contributed by atoms with E-state index in [1.54, 1.807) is 36.0 Å². The van der Waals surface area contributed by atoms with Crippen LogP contribution in [0.3, 0.4) is 0 Å². The van der Waals surface area contributed by atoms with E-state index >= 15 is 0 Å². The Kier molecular flexibility index (Phi) is 13.5. The van der Waals surface area contributed by atoms with E-state index < -0.39 is 24.2 Å². The molecule has 3 aromatic carbocycles. The van der Waals surface area contributed by atoms with Gasteiger partial charge in [-0.15, -0.1) is 0 Å². The van der Waals surface area contributed by atoms with Crippen molar-refractivity contribution < 1.29 is 23.4 Å². The van der Waals surface area contributed by atoms with Crippen LogP contribution < -0.4 is 22.7 Å². The first-order valence-electron chi connectivity index (χ1n) is 15.4. The van der Waals surface area contributed by atoms with Crippen LogP contribution in [0.4, 0.5) is 10.1 Å². The first kappa shape index (κ1) is 33.8. The number of halogens is 1. The van der Waals surface area contributed by atoms with E-state index in [-0.39, 0.29) is 12.5 Å². The van der Waals surface area contributed by atoms with Crippen LogP contribution in [0, 0.1) is 5.82 Å². The molecule has 228 valence electrons. The van der Waals surface area contributed by atoms with E-state index in [0.29, 0.717) is 28.7 Å². The van der Waals surface area contributed by atoms with Gasteiger partial charge in [-0.2, -0.15) is 0 Å². The number of anilines is 1. The fourth-order valence-corrected chi connectivity index (χ4v) is 21.6. The third kappa shape index (κ3) is 8.88. The zero-order valence-electron chi connectivity index (χ0n) is 26.3. The maximum atomic E-state index is 14.6. The first-order valence-corrected chi connectivity index (χ1v) is 22.9. The molecule has 3 rings (SSSR count). The Morgan fingerprint density at radius 2 is 1.33 bits per heavy atom. The maximum absolute atomic E-state index is 14.6. The van der Waals surface area contributed by atoms with Gasteiger partial charge in [0.15, 0.2) is 0 Å². The van der Waals surface area contributed by atoms with Crippen molar-refractivity contribution in [3.05, 3.63) is 72.0 Å². The molecule has 0 fully saturated rings. The molecule has 0 heterocycles. The normalized spacial score (nSPS) is 11.3. The summed E-state index contributed by atoms with van der Waals surface area (Å²) >= 11 is -2.57. The molecule has 0 atom stereocenters. The fraction of sp³-hybridized carbons (Fsp3) is 0.457. The predicted octanol–water partition coefficient (Wildman–Crippen LogP) is 9.24. The van der Waals surface area contributed by atoms with Crippen LogP contribution in [0.1, 0.15) is 71.8 Å². The van der Waals surface area contributed by atoms with Gasteiger partial charge in [-0.3, -0.25) is 0 Å². The molecular formula is C35H48FNO4Sn. The molecule has 0 radical (unpaired) electrons. The molecule has 7 heteroatoms. The molecule has 0 aliphatic rings. The summed E-state index contributed by atoms with van der Waals surface area (Å²) in [6, 6.07) is 18.4. The molecule has 0 aromatic heterocycles. The van der Waals surface area contributed by atoms with E-state index in [0.717, 1.165) is 5.56 Å². The van der Waals surface area contributed by atoms with Crippen molar-refractivity contribution in [2.75, 3.05) is 19.1 Å². The van der Waals surface area contributed by atoms with Crippen LogP contribution in [-0.4, -0.2) is 38.5 Å². The molecule has 0 N–H and O–H groups in total. The van der Waals surface area contributed by atoms with Gasteiger partial charge < -0.3 is 4.74 Å². The molecule has 0 bridgehead atoms. The monoisotopic (exact) mass is 685 g/mol. The van der Waals surface area contributed by atoms with Crippen LogP contribution >= 0.6 is 0 Å². The minimum atomic E-state index is -2.57. The Morgan fingerprint density at radius 3 is 1.86 bits per heavy atom. The van der Waals surface area contributed by atoms with Crippen LogP contribution in [0.25, 0.3) is 0 Å². The first-order chi connectivity index (χ1) is 20.3. The van der Waals surface area contributed by atoms with Gasteiger partial charge in [0, 0.05) is 0 Å². The number of hydrogen-bond acceptors (Lipinski definition) is 4. The van der Waals surface area contributed by atoms with E-state index in [1.807, 2.05) is 6.07 Å². The average molecular weight is 684 g/mol. The summed E-state index contributed by atoms with van der Waals surface area (Å²) in [6.45, 7) is 8.51. The molecule has 1 amide bonds. The second-order valence-electron chi connectivity index (χ2n) is 11.1. The number of ether oxygens (including phenoxy) is 3. The number of hydrogen-bond donors (Lipinski definition) is 0. The van der Waals surface area contributed by atoms with Gasteiger partial charge in [-0.25, -0.2) is 0 Å². The number of unbranched alkanes of at least 4 members (excludes halogenated alkanes) is 3. The second kappa shape index (κ2) is 16.8. The van der Waals surface area contributed by atoms with Crippen molar-refractivity contribution >= 4 is 33.6 Å². The molecule has 42 heavy (non-hydrogen) atoms. The van der Waals surface area contributed by atoms with Crippen LogP contribution in [-0.2, 0) is 11.3 Å². The summed E-state index contributed by atoms with van der Waals surface area (Å²) in [4.78, 5) is 14.4. The van der Waals surface area contributed by atoms with Crippen molar-refractivity contribution in [3.63, 3.8) is 0 Å². The van der Waals surface area contributed by atoms with E-state index in [9.17, 15) is 9.18 Å². The summed E-state index contributed by atoms with van der Waals surface area (Å²) in [5.41, 5.74) is 1.10. The Balaban J connectivity index is 1.95. The zero-order valence-corrected chi connectivity index (χ0v) is 29.2. The van der Waals surface area contributed by atoms with Crippen LogP contribution in [0.5, 0.6) is 23.0 Å². The SMILES string of the molecule is CCC[CH2][Sn]([CH2]CCC)([CH2]CCC)[c]1ccc(Oc2ccc(F)cc2N(Cc2cc(OC)ccc2OC)C(C)=O)cc1. The summed E-state index contributed by atoms with van der Waals surface area (Å²) in [6.07, 6.45) is 7.62. The topological polar surface area (TPSA) is 48.0 Å². The van der Waals surface area contributed by atoms with E-state index in [2.05, 4.69) is 45.0 Å². The Hall–Kier alpha value is -2.74. The standard InChI is InChI=1S/C23H21FNO4.3C4H9.Sn/c1-16(26)25(15-17-13-20(27-2)10-12-22(17)28-3)21-14-18(24)9-11-23(21)29-19-7-5-4-6-8-19;3*1-3-4-2;/h5-14H,15H2,1-3H3;3*1,3-4H2,2H3;. The van der Waals surface area contributed by atoms with Gasteiger partial charge in [0.2, 0.25) is 0 Å². The molecule has 0 aliphatic heterocycles. The molecular weight excluding hydrogens is 636 g/mol. The Labute approximate surface area is 256 Å². The van der Waals surface area contributed by atoms with Crippen LogP contribution in [0.15, 0.2) is 60.7 Å². The Bertz CT molecular complexity index is 1260. The van der Waals surface area contributed by atoms with Gasteiger partial charge in [0.1, 0.15) is 0 Å². The van der Waals surface area contributed by atoms with Gasteiger partial charge in [0.25, 0.3) is 0 Å². The number of carbonyl (C=O) groups excluding carboxylic acids is 1. The fourth-order valence-electron chi connectivity index (χ4n) is 5.69. The molecule has 0 saturated heterocycles. The predicted molar refractivity (Wildman–Crippen MR) is 174 cm³/mol. The number of carbonyl (C=O) groups is 1. The summed E-state index contributed by atoms with van der Waals surface area (Å²) in [7, 11) is 3.17. The number of benzene rings is 3. The van der Waals surface area contributed by atoms with Gasteiger partial charge >= 0.3 is 232 Å². The van der Waals surface area contributed by atoms with Crippen molar-refractivity contribution in [2.45, 2.75) is 86.1 Å². The minimum absolute atomic E-state index is 0.164. The van der Waals surface area contributed by atoms with Crippen molar-refractivity contribution in [2.24, 2.45) is 0 Å². The summed E-state index contributed by atoms with van der Waals surface area (Å²) in [5.74, 6) is 1.66. The van der Waals surface area contributed by atoms with Crippen molar-refractivity contribution in [1.82, 2.24) is 0 Å². The third-order valence-corrected chi connectivity index (χ3v) is 23.8. The van der Waals surface area contributed by atoms with Gasteiger partial charge in [-0.05, 0) is 6.07 Å². The second-order valence-corrected chi connectivity index (χ2v) is 24.3. The quantitative estimate of drug-likeness (QED) is 0.133. The van der Waals surface area contributed by atoms with Gasteiger partial charge in [-0.1, -0.05) is 0 Å². The van der Waals surface area contributed by atoms with E-state index in [4.69, 9.17) is 14.2 Å². The van der Waals surface area contributed by atoms with Crippen molar-refractivity contribution in [1.29, 1.82) is 0 Å². The number of nitrogens with zero attached hydrogens (tertiary/aromatic N) is 1. The molecule has 3 aromatic rings. The third-order valence-electron chi connectivity index (χ3n) is 8.13. The molecule has 0 spiro atoms. The Morgan fingerprint density at radius 1 is 0.762 bits per heavy atom. The molecule has 0 unspecified atom stereocenters. The van der Waals surface area contributed by atoms with E-state index in [1.165, 1.54) is 75.8 Å². The summed E-state index contributed by atoms with van der Waals surface area (Å²) in [5, 5.41) is 0. The summed E-state index contributed by atoms with van der Waals surface area (Å²) < 4.78 is 37.6. The average Bonchev–Trinajstić information content (AvgIpc) is 3.00. The molecule has 0 saturated carbocycles. The van der Waals surface area contributed by atoms with Gasteiger partial charge in [0.05, 0.1) is 14.2 Å². The molecule has 5 nitrogen and oxygen atoms in total. The number of methoxy groups -OCH3 is 2. The number of amides is 1. The van der Waals surface area contributed by atoms with Crippen LogP contribution in [0.2, 0.25) is 13.3 Å².